The normalized spacial score (nSPS) is 16.5. The number of hydrogen-bond acceptors (Lipinski definition) is 3. The van der Waals surface area contributed by atoms with Gasteiger partial charge in [-0.1, -0.05) is 112 Å². The molecule has 0 unspecified atom stereocenters. The number of furan rings is 1. The van der Waals surface area contributed by atoms with Crippen LogP contribution in [0.25, 0.3) is 66.0 Å². The Labute approximate surface area is 332 Å². The van der Waals surface area contributed by atoms with Crippen molar-refractivity contribution in [2.24, 2.45) is 5.41 Å². The third-order valence-corrected chi connectivity index (χ3v) is 10.7. The summed E-state index contributed by atoms with van der Waals surface area (Å²) in [5.41, 5.74) is 7.05. The molecule has 1 radical (unpaired) electrons. The molecule has 0 aliphatic heterocycles. The van der Waals surface area contributed by atoms with Gasteiger partial charge in [-0.25, -0.2) is 0 Å². The largest absolute Gasteiger partial charge is 0.500 e. The maximum atomic E-state index is 9.42. The molecule has 3 nitrogen and oxygen atoms in total. The second-order valence-corrected chi connectivity index (χ2v) is 15.9. The zero-order chi connectivity index (χ0) is 39.5. The molecule has 9 rings (SSSR count). The van der Waals surface area contributed by atoms with E-state index in [1.165, 1.54) is 11.8 Å². The van der Waals surface area contributed by atoms with Gasteiger partial charge in [0.2, 0.25) is 0 Å². The van der Waals surface area contributed by atoms with Crippen molar-refractivity contribution in [2.45, 2.75) is 78.5 Å². The summed E-state index contributed by atoms with van der Waals surface area (Å²) in [6.45, 7) is 8.67. The van der Waals surface area contributed by atoms with Gasteiger partial charge in [-0.3, -0.25) is 0 Å². The van der Waals surface area contributed by atoms with Crippen molar-refractivity contribution in [2.75, 3.05) is 0 Å². The first kappa shape index (κ1) is 31.9. The Morgan fingerprint density at radius 1 is 0.755 bits per heavy atom. The monoisotopic (exact) mass is 875 g/mol. The fourth-order valence-corrected chi connectivity index (χ4v) is 7.41. The zero-order valence-corrected chi connectivity index (χ0v) is 33.3. The Morgan fingerprint density at radius 2 is 1.49 bits per heavy atom. The molecule has 0 spiro atoms. The van der Waals surface area contributed by atoms with Gasteiger partial charge in [0.25, 0.3) is 0 Å². The predicted octanol–water partition coefficient (Wildman–Crippen LogP) is 13.6. The quantitative estimate of drug-likeness (QED) is 0.131. The van der Waals surface area contributed by atoms with Crippen molar-refractivity contribution in [1.82, 2.24) is 9.97 Å². The summed E-state index contributed by atoms with van der Waals surface area (Å²) >= 11 is 0. The first-order chi connectivity index (χ1) is 26.6. The molecule has 4 heteroatoms. The predicted molar refractivity (Wildman–Crippen MR) is 218 cm³/mol. The maximum absolute atomic E-state index is 9.42. The Hall–Kier alpha value is -4.63. The molecule has 53 heavy (non-hydrogen) atoms. The molecule has 8 aromatic rings. The molecule has 0 amide bonds. The summed E-state index contributed by atoms with van der Waals surface area (Å²) < 4.78 is 40.7. The molecule has 0 saturated heterocycles. The van der Waals surface area contributed by atoms with E-state index in [0.717, 1.165) is 62.0 Å². The average Bonchev–Trinajstić information content (AvgIpc) is 3.58. The summed E-state index contributed by atoms with van der Waals surface area (Å²) in [5, 5.41) is 6.43. The molecule has 0 bridgehead atoms. The fraction of sp³-hybridized carbons (Fsp3) is 0.265. The number of fused-ring (bicyclic) bond motifs is 7. The first-order valence-corrected chi connectivity index (χ1v) is 18.2. The van der Waals surface area contributed by atoms with Crippen LogP contribution in [0.5, 0.6) is 0 Å². The Bertz CT molecular complexity index is 2700. The van der Waals surface area contributed by atoms with Gasteiger partial charge in [-0.15, -0.1) is 54.1 Å². The summed E-state index contributed by atoms with van der Waals surface area (Å²) in [4.78, 5) is 9.11. The van der Waals surface area contributed by atoms with E-state index in [2.05, 4.69) is 105 Å². The van der Waals surface area contributed by atoms with Gasteiger partial charge in [-0.2, -0.15) is 0 Å². The third kappa shape index (κ3) is 7.33. The molecule has 5 aromatic carbocycles. The van der Waals surface area contributed by atoms with Crippen molar-refractivity contribution >= 4 is 43.5 Å². The second-order valence-electron chi connectivity index (χ2n) is 15.9. The molecule has 1 saturated carbocycles. The van der Waals surface area contributed by atoms with E-state index in [0.29, 0.717) is 35.2 Å². The minimum Gasteiger partial charge on any atom is -0.500 e. The van der Waals surface area contributed by atoms with Gasteiger partial charge in [0.15, 0.2) is 0 Å². The molecule has 1 aliphatic rings. The van der Waals surface area contributed by atoms with Crippen LogP contribution in [0.3, 0.4) is 0 Å². The number of nitrogens with zero attached hydrogens (tertiary/aromatic N) is 2. The molecular formula is C49H46IrN2O-2. The molecule has 0 atom stereocenters. The Kier molecular flexibility index (Phi) is 8.81. The number of aromatic nitrogens is 2. The number of aryl methyl sites for hydroxylation is 1. The van der Waals surface area contributed by atoms with Crippen LogP contribution in [0, 0.1) is 24.4 Å². The van der Waals surface area contributed by atoms with E-state index >= 15 is 0 Å². The smallest absolute Gasteiger partial charge is 0.129 e. The number of benzene rings is 5. The standard InChI is InChI=1S/C34H30NO.C15H16N.Ir/c1-21-20-35-30(19-29(21)23-15-17-34(2,3)18-16-23)28-10-6-9-26-27-14-13-24-12-11-22-7-4-5-8-25(22)31(24)33(27)36-32(26)28;1-15(2,3)13-9-10-14(16-11-13)12-7-5-4-6-8-12;/h4-9,11-14,19-20,23H,15-18H2,1-3H3;4-7,9-11H,1-3H3;/q2*-1;/i1D3,23D;;. The molecule has 1 fully saturated rings. The minimum absolute atomic E-state index is 0. The second kappa shape index (κ2) is 14.7. The van der Waals surface area contributed by atoms with E-state index < -0.39 is 12.7 Å². The van der Waals surface area contributed by atoms with Crippen LogP contribution in [0.1, 0.15) is 88.4 Å². The number of pyridine rings is 2. The Balaban J connectivity index is 0.000000246. The van der Waals surface area contributed by atoms with Crippen LogP contribution in [0.4, 0.5) is 0 Å². The zero-order valence-electron chi connectivity index (χ0n) is 34.9. The maximum Gasteiger partial charge on any atom is 0.129 e. The Morgan fingerprint density at radius 3 is 2.23 bits per heavy atom. The summed E-state index contributed by atoms with van der Waals surface area (Å²) in [5.74, 6) is -0.978. The molecular weight excluding hydrogens is 825 g/mol. The van der Waals surface area contributed by atoms with Gasteiger partial charge in [0.1, 0.15) is 5.58 Å². The van der Waals surface area contributed by atoms with Gasteiger partial charge in [-0.05, 0) is 93.5 Å². The summed E-state index contributed by atoms with van der Waals surface area (Å²) in [7, 11) is 0. The van der Waals surface area contributed by atoms with Crippen molar-refractivity contribution in [3.63, 3.8) is 0 Å². The molecule has 3 heterocycles. The van der Waals surface area contributed by atoms with Crippen LogP contribution in [0.15, 0.2) is 120 Å². The van der Waals surface area contributed by atoms with Crippen LogP contribution in [0.2, 0.25) is 0 Å². The van der Waals surface area contributed by atoms with E-state index in [1.54, 1.807) is 0 Å². The fourth-order valence-electron chi connectivity index (χ4n) is 7.41. The van der Waals surface area contributed by atoms with Gasteiger partial charge in [0.05, 0.1) is 5.58 Å². The van der Waals surface area contributed by atoms with Crippen molar-refractivity contribution in [3.8, 4) is 22.5 Å². The number of hydrogen-bond donors (Lipinski definition) is 0. The summed E-state index contributed by atoms with van der Waals surface area (Å²) in [6.07, 6.45) is 6.39. The molecule has 1 aliphatic carbocycles. The van der Waals surface area contributed by atoms with Gasteiger partial charge >= 0.3 is 0 Å². The van der Waals surface area contributed by atoms with Crippen LogP contribution in [-0.2, 0) is 25.5 Å². The topological polar surface area (TPSA) is 38.9 Å². The van der Waals surface area contributed by atoms with E-state index in [-0.39, 0.29) is 36.5 Å². The molecule has 0 N–H and O–H groups in total. The minimum atomic E-state index is -2.35. The van der Waals surface area contributed by atoms with Crippen molar-refractivity contribution in [3.05, 3.63) is 144 Å². The van der Waals surface area contributed by atoms with Crippen LogP contribution >= 0.6 is 0 Å². The number of rotatable bonds is 3. The molecule has 3 aromatic heterocycles. The van der Waals surface area contributed by atoms with Crippen LogP contribution < -0.4 is 0 Å². The third-order valence-electron chi connectivity index (χ3n) is 10.7. The van der Waals surface area contributed by atoms with Gasteiger partial charge < -0.3 is 14.4 Å². The van der Waals surface area contributed by atoms with E-state index in [1.807, 2.05) is 60.8 Å². The SMILES string of the molecule is CC(C)(C)c1ccc(-c2[c-]cccc2)nc1.[2H]C([2H])([2H])c1cnc(-c2[c-]ccc3c2oc2c3ccc3ccc4ccccc4c32)cc1C1([2H])CCC(C)(C)CC1.[Ir]. The van der Waals surface area contributed by atoms with E-state index in [9.17, 15) is 1.37 Å². The van der Waals surface area contributed by atoms with Crippen molar-refractivity contribution < 1.29 is 30.0 Å². The van der Waals surface area contributed by atoms with E-state index in [4.69, 9.17) is 8.53 Å². The van der Waals surface area contributed by atoms with Crippen molar-refractivity contribution in [1.29, 1.82) is 0 Å². The average molecular weight is 875 g/mol. The van der Waals surface area contributed by atoms with Crippen LogP contribution in [-0.4, -0.2) is 9.97 Å². The first-order valence-electron chi connectivity index (χ1n) is 20.2. The molecule has 269 valence electrons. The van der Waals surface area contributed by atoms with Gasteiger partial charge in [0, 0.05) is 48.8 Å². The summed E-state index contributed by atoms with van der Waals surface area (Å²) in [6, 6.07) is 41.1.